The third kappa shape index (κ3) is 8.47. The number of rotatable bonds is 8. The Hall–Kier alpha value is -1.35. The van der Waals surface area contributed by atoms with E-state index in [0.29, 0.717) is 0 Å². The zero-order chi connectivity index (χ0) is 18.8. The van der Waals surface area contributed by atoms with Crippen LogP contribution in [0.2, 0.25) is 0 Å². The number of amides is 1. The highest BCUT2D eigenvalue weighted by atomic mass is 127. The van der Waals surface area contributed by atoms with Gasteiger partial charge in [0.1, 0.15) is 0 Å². The van der Waals surface area contributed by atoms with Gasteiger partial charge in [0, 0.05) is 33.1 Å². The van der Waals surface area contributed by atoms with Crippen molar-refractivity contribution in [3.63, 3.8) is 0 Å². The molecular weight excluding hydrogens is 453 g/mol. The minimum Gasteiger partial charge on any atom is -0.369 e. The SMILES string of the molecule is CN=C(NCCCCN1CCC(C(N)=O)CC1)N(C)Cc1ccccc1.I. The first-order valence-corrected chi connectivity index (χ1v) is 9.57. The number of hydrogen-bond acceptors (Lipinski definition) is 3. The van der Waals surface area contributed by atoms with Crippen LogP contribution in [0.25, 0.3) is 0 Å². The predicted molar refractivity (Wildman–Crippen MR) is 122 cm³/mol. The van der Waals surface area contributed by atoms with Crippen molar-refractivity contribution in [2.45, 2.75) is 32.2 Å². The first-order valence-electron chi connectivity index (χ1n) is 9.57. The zero-order valence-electron chi connectivity index (χ0n) is 16.6. The van der Waals surface area contributed by atoms with Crippen molar-refractivity contribution in [1.82, 2.24) is 15.1 Å². The molecule has 0 aromatic heterocycles. The number of primary amides is 1. The standard InChI is InChI=1S/C20H33N5O.HI/c1-22-20(24(2)16-17-8-4-3-5-9-17)23-12-6-7-13-25-14-10-18(11-15-25)19(21)26;/h3-5,8-9,18H,6-7,10-16H2,1-2H3,(H2,21,26)(H,22,23);1H. The lowest BCUT2D eigenvalue weighted by molar-refractivity contribution is -0.123. The molecule has 27 heavy (non-hydrogen) atoms. The summed E-state index contributed by atoms with van der Waals surface area (Å²) >= 11 is 0. The Morgan fingerprint density at radius 3 is 2.52 bits per heavy atom. The van der Waals surface area contributed by atoms with E-state index in [9.17, 15) is 4.79 Å². The Labute approximate surface area is 180 Å². The molecule has 0 aliphatic carbocycles. The van der Waals surface area contributed by atoms with Crippen LogP contribution in [0.4, 0.5) is 0 Å². The molecule has 6 nitrogen and oxygen atoms in total. The second kappa shape index (κ2) is 12.9. The highest BCUT2D eigenvalue weighted by molar-refractivity contribution is 14.0. The fraction of sp³-hybridized carbons (Fsp3) is 0.600. The summed E-state index contributed by atoms with van der Waals surface area (Å²) in [6.07, 6.45) is 4.07. The van der Waals surface area contributed by atoms with Gasteiger partial charge < -0.3 is 20.9 Å². The second-order valence-corrected chi connectivity index (χ2v) is 7.04. The molecule has 7 heteroatoms. The van der Waals surface area contributed by atoms with Gasteiger partial charge in [0.25, 0.3) is 0 Å². The van der Waals surface area contributed by atoms with Crippen LogP contribution in [-0.2, 0) is 11.3 Å². The lowest BCUT2D eigenvalue weighted by Crippen LogP contribution is -2.40. The Balaban J connectivity index is 0.00000364. The summed E-state index contributed by atoms with van der Waals surface area (Å²) < 4.78 is 0. The van der Waals surface area contributed by atoms with E-state index in [1.165, 1.54) is 5.56 Å². The summed E-state index contributed by atoms with van der Waals surface area (Å²) in [7, 11) is 3.89. The summed E-state index contributed by atoms with van der Waals surface area (Å²) in [4.78, 5) is 20.2. The summed E-state index contributed by atoms with van der Waals surface area (Å²) in [5.41, 5.74) is 6.66. The van der Waals surface area contributed by atoms with Crippen LogP contribution in [0.5, 0.6) is 0 Å². The molecule has 1 aliphatic rings. The number of unbranched alkanes of at least 4 members (excludes halogenated alkanes) is 1. The summed E-state index contributed by atoms with van der Waals surface area (Å²) in [5.74, 6) is 0.868. The fourth-order valence-electron chi connectivity index (χ4n) is 3.42. The quantitative estimate of drug-likeness (QED) is 0.256. The van der Waals surface area contributed by atoms with Gasteiger partial charge in [0.2, 0.25) is 5.91 Å². The van der Waals surface area contributed by atoms with Gasteiger partial charge in [-0.1, -0.05) is 30.3 Å². The average Bonchev–Trinajstić information content (AvgIpc) is 2.65. The lowest BCUT2D eigenvalue weighted by Gasteiger charge is -2.30. The number of aliphatic imine (C=N–C) groups is 1. The van der Waals surface area contributed by atoms with Crippen LogP contribution in [0.3, 0.4) is 0 Å². The normalized spacial score (nSPS) is 15.9. The van der Waals surface area contributed by atoms with E-state index in [1.807, 2.05) is 13.1 Å². The van der Waals surface area contributed by atoms with Crippen molar-refractivity contribution in [2.75, 3.05) is 40.3 Å². The van der Waals surface area contributed by atoms with E-state index in [-0.39, 0.29) is 35.8 Å². The average molecular weight is 487 g/mol. The molecule has 0 spiro atoms. The van der Waals surface area contributed by atoms with E-state index in [1.54, 1.807) is 0 Å². The van der Waals surface area contributed by atoms with E-state index in [2.05, 4.69) is 51.4 Å². The summed E-state index contributed by atoms with van der Waals surface area (Å²) in [5, 5.41) is 3.45. The molecular formula is C20H34IN5O. The Morgan fingerprint density at radius 2 is 1.93 bits per heavy atom. The van der Waals surface area contributed by atoms with Crippen molar-refractivity contribution in [3.05, 3.63) is 35.9 Å². The van der Waals surface area contributed by atoms with E-state index >= 15 is 0 Å². The van der Waals surface area contributed by atoms with Crippen molar-refractivity contribution >= 4 is 35.8 Å². The van der Waals surface area contributed by atoms with Crippen LogP contribution in [-0.4, -0.2) is 61.9 Å². The number of nitrogens with zero attached hydrogens (tertiary/aromatic N) is 3. The number of hydrogen-bond donors (Lipinski definition) is 2. The summed E-state index contributed by atoms with van der Waals surface area (Å²) in [6, 6.07) is 10.4. The van der Waals surface area contributed by atoms with Crippen LogP contribution in [0.15, 0.2) is 35.3 Å². The molecule has 2 rings (SSSR count). The van der Waals surface area contributed by atoms with E-state index < -0.39 is 0 Å². The maximum absolute atomic E-state index is 11.2. The third-order valence-corrected chi connectivity index (χ3v) is 5.01. The third-order valence-electron chi connectivity index (χ3n) is 5.01. The van der Waals surface area contributed by atoms with Crippen molar-refractivity contribution in [2.24, 2.45) is 16.6 Å². The minimum absolute atomic E-state index is 0. The zero-order valence-corrected chi connectivity index (χ0v) is 18.9. The number of nitrogens with one attached hydrogen (secondary N) is 1. The van der Waals surface area contributed by atoms with E-state index in [4.69, 9.17) is 5.73 Å². The maximum Gasteiger partial charge on any atom is 0.220 e. The van der Waals surface area contributed by atoms with Crippen LogP contribution < -0.4 is 11.1 Å². The number of guanidine groups is 1. The Morgan fingerprint density at radius 1 is 1.26 bits per heavy atom. The molecule has 0 unspecified atom stereocenters. The molecule has 1 saturated heterocycles. The van der Waals surface area contributed by atoms with Crippen LogP contribution in [0.1, 0.15) is 31.2 Å². The number of carbonyl (C=O) groups is 1. The molecule has 0 atom stereocenters. The van der Waals surface area contributed by atoms with Gasteiger partial charge in [0.05, 0.1) is 0 Å². The first kappa shape index (κ1) is 23.7. The second-order valence-electron chi connectivity index (χ2n) is 7.04. The van der Waals surface area contributed by atoms with Gasteiger partial charge in [-0.25, -0.2) is 0 Å². The molecule has 3 N–H and O–H groups in total. The number of benzene rings is 1. The Bertz CT molecular complexity index is 573. The number of carbonyl (C=O) groups excluding carboxylic acids is 1. The van der Waals surface area contributed by atoms with Gasteiger partial charge in [0.15, 0.2) is 5.96 Å². The highest BCUT2D eigenvalue weighted by Gasteiger charge is 2.22. The predicted octanol–water partition coefficient (Wildman–Crippen LogP) is 2.29. The first-order chi connectivity index (χ1) is 12.6. The van der Waals surface area contributed by atoms with Gasteiger partial charge in [-0.05, 0) is 50.9 Å². The largest absolute Gasteiger partial charge is 0.369 e. The number of piperidine rings is 1. The van der Waals surface area contributed by atoms with Gasteiger partial charge in [-0.3, -0.25) is 9.79 Å². The lowest BCUT2D eigenvalue weighted by atomic mass is 9.96. The summed E-state index contributed by atoms with van der Waals surface area (Å²) in [6.45, 7) is 4.83. The topological polar surface area (TPSA) is 74.0 Å². The molecule has 1 aromatic rings. The smallest absolute Gasteiger partial charge is 0.220 e. The van der Waals surface area contributed by atoms with Crippen molar-refractivity contribution in [1.29, 1.82) is 0 Å². The van der Waals surface area contributed by atoms with Gasteiger partial charge in [-0.2, -0.15) is 0 Å². The highest BCUT2D eigenvalue weighted by Crippen LogP contribution is 2.16. The van der Waals surface area contributed by atoms with Gasteiger partial charge in [-0.15, -0.1) is 24.0 Å². The van der Waals surface area contributed by atoms with Crippen LogP contribution >= 0.6 is 24.0 Å². The monoisotopic (exact) mass is 487 g/mol. The van der Waals surface area contributed by atoms with E-state index in [0.717, 1.165) is 64.4 Å². The number of nitrogens with two attached hydrogens (primary N) is 1. The van der Waals surface area contributed by atoms with Crippen molar-refractivity contribution < 1.29 is 4.79 Å². The molecule has 0 bridgehead atoms. The molecule has 1 heterocycles. The van der Waals surface area contributed by atoms with Crippen LogP contribution in [0, 0.1) is 5.92 Å². The minimum atomic E-state index is -0.139. The number of likely N-dealkylation sites (tertiary alicyclic amines) is 1. The molecule has 0 saturated carbocycles. The Kier molecular flexibility index (Phi) is 11.3. The molecule has 1 fully saturated rings. The molecule has 1 aliphatic heterocycles. The maximum atomic E-state index is 11.2. The molecule has 1 aromatic carbocycles. The van der Waals surface area contributed by atoms with Gasteiger partial charge >= 0.3 is 0 Å². The van der Waals surface area contributed by atoms with Crippen molar-refractivity contribution in [3.8, 4) is 0 Å². The molecule has 0 radical (unpaired) electrons. The number of halogens is 1. The molecule has 152 valence electrons. The molecule has 1 amide bonds. The fourth-order valence-corrected chi connectivity index (χ4v) is 3.42.